The summed E-state index contributed by atoms with van der Waals surface area (Å²) in [5.74, 6) is -1.48. The van der Waals surface area contributed by atoms with Crippen molar-refractivity contribution < 1.29 is 14.3 Å². The van der Waals surface area contributed by atoms with Gasteiger partial charge in [-0.05, 0) is 17.2 Å². The molecule has 22 heavy (non-hydrogen) atoms. The average Bonchev–Trinajstić information content (AvgIpc) is 2.54. The van der Waals surface area contributed by atoms with Crippen molar-refractivity contribution >= 4 is 22.5 Å². The molecule has 0 spiro atoms. The van der Waals surface area contributed by atoms with E-state index in [1.165, 1.54) is 0 Å². The number of hydrogen-bond acceptors (Lipinski definition) is 3. The van der Waals surface area contributed by atoms with E-state index in [0.717, 1.165) is 29.9 Å². The number of benzene rings is 2. The van der Waals surface area contributed by atoms with Crippen molar-refractivity contribution in [1.29, 1.82) is 0 Å². The molecule has 0 aromatic heterocycles. The number of ketones is 1. The molecule has 2 rings (SSSR count). The van der Waals surface area contributed by atoms with Crippen molar-refractivity contribution in [1.82, 2.24) is 0 Å². The third-order valence-corrected chi connectivity index (χ3v) is 3.70. The Hall–Kier alpha value is -2.42. The molecule has 1 unspecified atom stereocenters. The standard InChI is InChI=1S/C19H20O3/c1-3-5-11-17(19(21)22-4-2)18(20)16-13-8-10-14-9-6-7-12-15(14)16/h4,6-10,12-13,17H,2-3,5,11H2,1H3. The van der Waals surface area contributed by atoms with Crippen LogP contribution >= 0.6 is 0 Å². The van der Waals surface area contributed by atoms with Crippen molar-refractivity contribution in [3.8, 4) is 0 Å². The van der Waals surface area contributed by atoms with Gasteiger partial charge >= 0.3 is 5.97 Å². The highest BCUT2D eigenvalue weighted by molar-refractivity contribution is 6.15. The third-order valence-electron chi connectivity index (χ3n) is 3.70. The van der Waals surface area contributed by atoms with Crippen LogP contribution in [0, 0.1) is 5.92 Å². The Morgan fingerprint density at radius 2 is 1.91 bits per heavy atom. The maximum Gasteiger partial charge on any atom is 0.321 e. The number of fused-ring (bicyclic) bond motifs is 1. The summed E-state index contributed by atoms with van der Waals surface area (Å²) < 4.78 is 4.86. The molecule has 0 amide bonds. The number of unbranched alkanes of at least 4 members (excludes halogenated alkanes) is 1. The van der Waals surface area contributed by atoms with E-state index in [1.807, 2.05) is 43.3 Å². The monoisotopic (exact) mass is 296 g/mol. The Morgan fingerprint density at radius 3 is 2.64 bits per heavy atom. The van der Waals surface area contributed by atoms with Crippen LogP contribution in [0.1, 0.15) is 36.5 Å². The molecule has 0 radical (unpaired) electrons. The SMILES string of the molecule is C=COC(=O)C(CCCC)C(=O)c1cccc2ccccc12. The number of carbonyl (C=O) groups is 2. The van der Waals surface area contributed by atoms with E-state index >= 15 is 0 Å². The lowest BCUT2D eigenvalue weighted by Gasteiger charge is -2.14. The largest absolute Gasteiger partial charge is 0.435 e. The summed E-state index contributed by atoms with van der Waals surface area (Å²) in [6.07, 6.45) is 3.29. The first-order valence-electron chi connectivity index (χ1n) is 7.52. The summed E-state index contributed by atoms with van der Waals surface area (Å²) >= 11 is 0. The first kappa shape index (κ1) is 16.0. The molecule has 0 bridgehead atoms. The molecule has 0 fully saturated rings. The van der Waals surface area contributed by atoms with Crippen molar-refractivity contribution in [3.63, 3.8) is 0 Å². The van der Waals surface area contributed by atoms with E-state index in [0.29, 0.717) is 12.0 Å². The Bertz CT molecular complexity index is 683. The van der Waals surface area contributed by atoms with Crippen molar-refractivity contribution in [2.45, 2.75) is 26.2 Å². The predicted octanol–water partition coefficient (Wildman–Crippen LogP) is 4.52. The van der Waals surface area contributed by atoms with Crippen LogP contribution in [0.15, 0.2) is 55.3 Å². The fourth-order valence-electron chi connectivity index (χ4n) is 2.56. The lowest BCUT2D eigenvalue weighted by molar-refractivity contribution is -0.141. The first-order valence-corrected chi connectivity index (χ1v) is 7.52. The molecule has 0 heterocycles. The van der Waals surface area contributed by atoms with Crippen LogP contribution in [0.3, 0.4) is 0 Å². The Kier molecular flexibility index (Phi) is 5.48. The Labute approximate surface area is 130 Å². The maximum absolute atomic E-state index is 12.8. The van der Waals surface area contributed by atoms with E-state index < -0.39 is 11.9 Å². The summed E-state index contributed by atoms with van der Waals surface area (Å²) in [5, 5.41) is 1.85. The van der Waals surface area contributed by atoms with Gasteiger partial charge < -0.3 is 4.74 Å². The van der Waals surface area contributed by atoms with Gasteiger partial charge in [0.1, 0.15) is 5.92 Å². The van der Waals surface area contributed by atoms with Crippen LogP contribution in [0.5, 0.6) is 0 Å². The zero-order valence-corrected chi connectivity index (χ0v) is 12.7. The van der Waals surface area contributed by atoms with Crippen LogP contribution in [0.4, 0.5) is 0 Å². The summed E-state index contributed by atoms with van der Waals surface area (Å²) in [6, 6.07) is 13.2. The lowest BCUT2D eigenvalue weighted by Crippen LogP contribution is -2.25. The molecule has 0 aliphatic carbocycles. The van der Waals surface area contributed by atoms with Gasteiger partial charge in [-0.1, -0.05) is 68.8 Å². The van der Waals surface area contributed by atoms with E-state index in [1.54, 1.807) is 6.07 Å². The van der Waals surface area contributed by atoms with Gasteiger partial charge in [-0.3, -0.25) is 9.59 Å². The minimum Gasteiger partial charge on any atom is -0.435 e. The summed E-state index contributed by atoms with van der Waals surface area (Å²) in [7, 11) is 0. The van der Waals surface area contributed by atoms with E-state index in [2.05, 4.69) is 6.58 Å². The molecule has 0 saturated heterocycles. The van der Waals surface area contributed by atoms with Gasteiger partial charge in [-0.15, -0.1) is 0 Å². The molecule has 0 aliphatic heterocycles. The molecule has 1 atom stereocenters. The van der Waals surface area contributed by atoms with Crippen LogP contribution in [0.25, 0.3) is 10.8 Å². The average molecular weight is 296 g/mol. The topological polar surface area (TPSA) is 43.4 Å². The van der Waals surface area contributed by atoms with Crippen LogP contribution in [-0.2, 0) is 9.53 Å². The normalized spacial score (nSPS) is 11.9. The lowest BCUT2D eigenvalue weighted by atomic mass is 9.90. The Balaban J connectivity index is 2.39. The fourth-order valence-corrected chi connectivity index (χ4v) is 2.56. The van der Waals surface area contributed by atoms with Crippen LogP contribution < -0.4 is 0 Å². The highest BCUT2D eigenvalue weighted by Crippen LogP contribution is 2.24. The predicted molar refractivity (Wildman–Crippen MR) is 87.6 cm³/mol. The number of rotatable bonds is 7. The van der Waals surface area contributed by atoms with E-state index in [-0.39, 0.29) is 5.78 Å². The molecule has 0 saturated carbocycles. The zero-order chi connectivity index (χ0) is 15.9. The van der Waals surface area contributed by atoms with Crippen LogP contribution in [0.2, 0.25) is 0 Å². The van der Waals surface area contributed by atoms with Gasteiger partial charge in [-0.2, -0.15) is 0 Å². The second-order valence-electron chi connectivity index (χ2n) is 5.19. The van der Waals surface area contributed by atoms with Gasteiger partial charge in [-0.25, -0.2) is 0 Å². The minimum absolute atomic E-state index is 0.183. The second kappa shape index (κ2) is 7.55. The first-order chi connectivity index (χ1) is 10.7. The maximum atomic E-state index is 12.8. The van der Waals surface area contributed by atoms with E-state index in [9.17, 15) is 9.59 Å². The molecular formula is C19H20O3. The van der Waals surface area contributed by atoms with Crippen molar-refractivity contribution in [2.75, 3.05) is 0 Å². The number of esters is 1. The molecular weight excluding hydrogens is 276 g/mol. The summed E-state index contributed by atoms with van der Waals surface area (Å²) in [6.45, 7) is 5.42. The number of hydrogen-bond donors (Lipinski definition) is 0. The highest BCUT2D eigenvalue weighted by atomic mass is 16.5. The van der Waals surface area contributed by atoms with Gasteiger partial charge in [0.15, 0.2) is 5.78 Å². The highest BCUT2D eigenvalue weighted by Gasteiger charge is 2.29. The minimum atomic E-state index is -0.774. The van der Waals surface area contributed by atoms with Gasteiger partial charge in [0.25, 0.3) is 0 Å². The molecule has 0 aliphatic rings. The zero-order valence-electron chi connectivity index (χ0n) is 12.7. The summed E-state index contributed by atoms with van der Waals surface area (Å²) in [4.78, 5) is 24.9. The number of ether oxygens (including phenoxy) is 1. The second-order valence-corrected chi connectivity index (χ2v) is 5.19. The smallest absolute Gasteiger partial charge is 0.321 e. The van der Waals surface area contributed by atoms with Gasteiger partial charge in [0.05, 0.1) is 6.26 Å². The van der Waals surface area contributed by atoms with Crippen LogP contribution in [-0.4, -0.2) is 11.8 Å². The van der Waals surface area contributed by atoms with Gasteiger partial charge in [0.2, 0.25) is 0 Å². The van der Waals surface area contributed by atoms with E-state index in [4.69, 9.17) is 4.74 Å². The summed E-state index contributed by atoms with van der Waals surface area (Å²) in [5.41, 5.74) is 0.570. The Morgan fingerprint density at radius 1 is 1.18 bits per heavy atom. The number of carbonyl (C=O) groups excluding carboxylic acids is 2. The fraction of sp³-hybridized carbons (Fsp3) is 0.263. The molecule has 0 N–H and O–H groups in total. The number of Topliss-reactive ketones (excluding diaryl/α,β-unsaturated/α-hetero) is 1. The van der Waals surface area contributed by atoms with Gasteiger partial charge in [0, 0.05) is 5.56 Å². The van der Waals surface area contributed by atoms with Crippen molar-refractivity contribution in [3.05, 3.63) is 60.9 Å². The third kappa shape index (κ3) is 3.42. The quantitative estimate of drug-likeness (QED) is 0.326. The van der Waals surface area contributed by atoms with Crippen molar-refractivity contribution in [2.24, 2.45) is 5.92 Å². The molecule has 114 valence electrons. The molecule has 2 aromatic carbocycles. The molecule has 3 heteroatoms. The molecule has 3 nitrogen and oxygen atoms in total. The molecule has 2 aromatic rings.